The Morgan fingerprint density at radius 2 is 1.65 bits per heavy atom. The number of ether oxygens (including phenoxy) is 1. The lowest BCUT2D eigenvalue weighted by Gasteiger charge is -2.17. The lowest BCUT2D eigenvalue weighted by atomic mass is 10.0. The highest BCUT2D eigenvalue weighted by atomic mass is 16.5. The van der Waals surface area contributed by atoms with Crippen molar-refractivity contribution < 1.29 is 19.1 Å². The quantitative estimate of drug-likeness (QED) is 0.749. The van der Waals surface area contributed by atoms with Gasteiger partial charge in [0.25, 0.3) is 5.91 Å². The highest BCUT2D eigenvalue weighted by molar-refractivity contribution is 5.93. The normalized spacial score (nSPS) is 11.3. The molecule has 0 spiro atoms. The molecule has 0 heterocycles. The molecule has 6 nitrogen and oxygen atoms in total. The maximum atomic E-state index is 12.1. The Hall–Kier alpha value is -3.15. The highest BCUT2D eigenvalue weighted by Gasteiger charge is 2.18. The molecule has 2 N–H and O–H groups in total. The molecule has 0 aromatic heterocycles. The van der Waals surface area contributed by atoms with Crippen LogP contribution in [0.5, 0.6) is 0 Å². The second-order valence-corrected chi connectivity index (χ2v) is 5.89. The molecule has 2 rings (SSSR count). The van der Waals surface area contributed by atoms with Gasteiger partial charge >= 0.3 is 5.97 Å². The number of esters is 1. The van der Waals surface area contributed by atoms with Crippen molar-refractivity contribution in [2.75, 3.05) is 11.9 Å². The number of benzene rings is 2. The Balaban J connectivity index is 1.88. The van der Waals surface area contributed by atoms with Gasteiger partial charge in [0.1, 0.15) is 0 Å². The molecule has 2 aromatic rings. The molecule has 2 amide bonds. The van der Waals surface area contributed by atoms with Crippen LogP contribution in [0, 0.1) is 6.92 Å². The molecular formula is C20H22N2O4. The van der Waals surface area contributed by atoms with Crippen LogP contribution in [0.25, 0.3) is 0 Å². The van der Waals surface area contributed by atoms with Gasteiger partial charge in [0.2, 0.25) is 5.91 Å². The monoisotopic (exact) mass is 354 g/mol. The van der Waals surface area contributed by atoms with Gasteiger partial charge in [0.15, 0.2) is 6.61 Å². The van der Waals surface area contributed by atoms with Crippen LogP contribution in [-0.4, -0.2) is 24.4 Å². The molecule has 6 heteroatoms. The Morgan fingerprint density at radius 3 is 2.31 bits per heavy atom. The number of nitrogens with one attached hydrogen (secondary N) is 2. The molecule has 0 aliphatic rings. The lowest BCUT2D eigenvalue weighted by molar-refractivity contribution is -0.148. The molecule has 0 radical (unpaired) electrons. The number of anilines is 1. The van der Waals surface area contributed by atoms with Gasteiger partial charge in [0.05, 0.1) is 12.5 Å². The van der Waals surface area contributed by atoms with Gasteiger partial charge < -0.3 is 15.4 Å². The van der Waals surface area contributed by atoms with E-state index in [1.54, 1.807) is 6.07 Å². The van der Waals surface area contributed by atoms with E-state index in [-0.39, 0.29) is 18.9 Å². The van der Waals surface area contributed by atoms with Crippen LogP contribution >= 0.6 is 0 Å². The maximum absolute atomic E-state index is 12.1. The minimum atomic E-state index is -0.562. The molecule has 2 aromatic carbocycles. The van der Waals surface area contributed by atoms with Crippen LogP contribution in [0.3, 0.4) is 0 Å². The number of hydrogen-bond donors (Lipinski definition) is 2. The fourth-order valence-electron chi connectivity index (χ4n) is 2.45. The number of hydrogen-bond acceptors (Lipinski definition) is 4. The summed E-state index contributed by atoms with van der Waals surface area (Å²) in [6.45, 7) is 2.88. The van der Waals surface area contributed by atoms with Crippen molar-refractivity contribution in [2.45, 2.75) is 26.3 Å². The summed E-state index contributed by atoms with van der Waals surface area (Å²) in [5, 5.41) is 5.42. The van der Waals surface area contributed by atoms with Crippen LogP contribution in [0.15, 0.2) is 54.6 Å². The first-order valence-corrected chi connectivity index (χ1v) is 8.29. The molecule has 26 heavy (non-hydrogen) atoms. The zero-order chi connectivity index (χ0) is 18.9. The standard InChI is InChI=1S/C20H22N2O4/c1-14-8-6-7-11-17(14)22-19(24)13-26-20(25)12-18(21-15(2)23)16-9-4-3-5-10-16/h3-11,18H,12-13H2,1-2H3,(H,21,23)(H,22,24)/t18-/m1/s1. The fourth-order valence-corrected chi connectivity index (χ4v) is 2.45. The van der Waals surface area contributed by atoms with Gasteiger partial charge in [0, 0.05) is 12.6 Å². The van der Waals surface area contributed by atoms with Gasteiger partial charge in [-0.05, 0) is 24.1 Å². The van der Waals surface area contributed by atoms with Crippen molar-refractivity contribution in [3.63, 3.8) is 0 Å². The zero-order valence-electron chi connectivity index (χ0n) is 14.8. The smallest absolute Gasteiger partial charge is 0.308 e. The Labute approximate surface area is 152 Å². The number of amides is 2. The second kappa shape index (κ2) is 9.36. The second-order valence-electron chi connectivity index (χ2n) is 5.89. The molecule has 0 bridgehead atoms. The third-order valence-corrected chi connectivity index (χ3v) is 3.73. The number of rotatable bonds is 7. The number of para-hydroxylation sites is 1. The van der Waals surface area contributed by atoms with Gasteiger partial charge in [-0.3, -0.25) is 14.4 Å². The summed E-state index contributed by atoms with van der Waals surface area (Å²) in [7, 11) is 0. The molecule has 0 unspecified atom stereocenters. The summed E-state index contributed by atoms with van der Waals surface area (Å²) < 4.78 is 5.05. The molecule has 136 valence electrons. The maximum Gasteiger partial charge on any atom is 0.308 e. The number of carbonyl (C=O) groups is 3. The van der Waals surface area contributed by atoms with E-state index >= 15 is 0 Å². The SMILES string of the molecule is CC(=O)N[C@H](CC(=O)OCC(=O)Nc1ccccc1C)c1ccccc1. The molecule has 0 aliphatic carbocycles. The first-order valence-electron chi connectivity index (χ1n) is 8.29. The largest absolute Gasteiger partial charge is 0.455 e. The summed E-state index contributed by atoms with van der Waals surface area (Å²) >= 11 is 0. The van der Waals surface area contributed by atoms with Gasteiger partial charge in [-0.1, -0.05) is 48.5 Å². The van der Waals surface area contributed by atoms with Gasteiger partial charge in [-0.15, -0.1) is 0 Å². The number of aryl methyl sites for hydroxylation is 1. The van der Waals surface area contributed by atoms with Crippen LogP contribution < -0.4 is 10.6 Å². The van der Waals surface area contributed by atoms with Crippen molar-refractivity contribution in [3.8, 4) is 0 Å². The predicted molar refractivity (Wildman–Crippen MR) is 98.4 cm³/mol. The summed E-state index contributed by atoms with van der Waals surface area (Å²) in [5.41, 5.74) is 2.39. The molecule has 0 fully saturated rings. The van der Waals surface area contributed by atoms with E-state index in [1.165, 1.54) is 6.92 Å². The topological polar surface area (TPSA) is 84.5 Å². The minimum Gasteiger partial charge on any atom is -0.455 e. The zero-order valence-corrected chi connectivity index (χ0v) is 14.8. The van der Waals surface area contributed by atoms with Gasteiger partial charge in [-0.2, -0.15) is 0 Å². The van der Waals surface area contributed by atoms with E-state index in [2.05, 4.69) is 10.6 Å². The van der Waals surface area contributed by atoms with Crippen molar-refractivity contribution in [3.05, 3.63) is 65.7 Å². The number of carbonyl (C=O) groups excluding carboxylic acids is 3. The average Bonchev–Trinajstić information content (AvgIpc) is 2.62. The van der Waals surface area contributed by atoms with E-state index < -0.39 is 17.9 Å². The van der Waals surface area contributed by atoms with E-state index in [9.17, 15) is 14.4 Å². The minimum absolute atomic E-state index is 0.0543. The van der Waals surface area contributed by atoms with E-state index in [0.717, 1.165) is 11.1 Å². The van der Waals surface area contributed by atoms with Crippen LogP contribution in [0.1, 0.15) is 30.5 Å². The Kier molecular flexibility index (Phi) is 6.91. The highest BCUT2D eigenvalue weighted by Crippen LogP contribution is 2.17. The molecule has 0 saturated heterocycles. The van der Waals surface area contributed by atoms with Crippen LogP contribution in [-0.2, 0) is 19.1 Å². The van der Waals surface area contributed by atoms with Crippen molar-refractivity contribution >= 4 is 23.5 Å². The average molecular weight is 354 g/mol. The summed E-state index contributed by atoms with van der Waals surface area (Å²) in [5.74, 6) is -1.22. The van der Waals surface area contributed by atoms with Gasteiger partial charge in [-0.25, -0.2) is 0 Å². The van der Waals surface area contributed by atoms with Crippen molar-refractivity contribution in [1.82, 2.24) is 5.32 Å². The fraction of sp³-hybridized carbons (Fsp3) is 0.250. The Bertz CT molecular complexity index is 774. The summed E-state index contributed by atoms with van der Waals surface area (Å²) in [6.07, 6.45) is -0.0543. The van der Waals surface area contributed by atoms with Crippen molar-refractivity contribution in [2.24, 2.45) is 0 Å². The first-order chi connectivity index (χ1) is 12.5. The van der Waals surface area contributed by atoms with E-state index in [1.807, 2.05) is 55.5 Å². The lowest BCUT2D eigenvalue weighted by Crippen LogP contribution is -2.29. The summed E-state index contributed by atoms with van der Waals surface area (Å²) in [4.78, 5) is 35.4. The van der Waals surface area contributed by atoms with E-state index in [4.69, 9.17) is 4.74 Å². The summed E-state index contributed by atoms with van der Waals surface area (Å²) in [6, 6.07) is 16.0. The Morgan fingerprint density at radius 1 is 1.00 bits per heavy atom. The molecule has 1 atom stereocenters. The predicted octanol–water partition coefficient (Wildman–Crippen LogP) is 2.74. The molecular weight excluding hydrogens is 332 g/mol. The molecule has 0 saturated carbocycles. The molecule has 0 aliphatic heterocycles. The first kappa shape index (κ1) is 19.2. The van der Waals surface area contributed by atoms with Crippen LogP contribution in [0.2, 0.25) is 0 Å². The van der Waals surface area contributed by atoms with Crippen molar-refractivity contribution in [1.29, 1.82) is 0 Å². The third-order valence-electron chi connectivity index (χ3n) is 3.73. The van der Waals surface area contributed by atoms with E-state index in [0.29, 0.717) is 5.69 Å². The third kappa shape index (κ3) is 6.05. The van der Waals surface area contributed by atoms with Crippen LogP contribution in [0.4, 0.5) is 5.69 Å².